The number of rotatable bonds is 5. The molecule has 0 bridgehead atoms. The Morgan fingerprint density at radius 2 is 1.47 bits per heavy atom. The van der Waals surface area contributed by atoms with E-state index in [0.717, 1.165) is 0 Å². The van der Waals surface area contributed by atoms with Crippen molar-refractivity contribution in [1.82, 2.24) is 10.6 Å². The van der Waals surface area contributed by atoms with E-state index < -0.39 is 6.04 Å². The standard InChI is InChI=1S/C12H25N3O2/c1-8(2)10(16)14-6-7-15-11(17)9(13)12(3,4)5/h8-9H,6-7,13H2,1-5H3,(H,14,16)(H,15,17). The van der Waals surface area contributed by atoms with Crippen LogP contribution in [0.1, 0.15) is 34.6 Å². The molecular formula is C12H25N3O2. The summed E-state index contributed by atoms with van der Waals surface area (Å²) >= 11 is 0. The Hall–Kier alpha value is -1.10. The molecule has 0 rings (SSSR count). The normalized spacial score (nSPS) is 13.4. The maximum atomic E-state index is 11.6. The predicted molar refractivity (Wildman–Crippen MR) is 68.3 cm³/mol. The van der Waals surface area contributed by atoms with Crippen molar-refractivity contribution in [2.24, 2.45) is 17.1 Å². The third-order valence-corrected chi connectivity index (χ3v) is 2.46. The molecule has 0 aromatic rings. The Kier molecular flexibility index (Phi) is 6.16. The molecule has 4 N–H and O–H groups in total. The molecule has 0 saturated heterocycles. The van der Waals surface area contributed by atoms with Gasteiger partial charge >= 0.3 is 0 Å². The molecule has 0 aromatic heterocycles. The first-order chi connectivity index (χ1) is 7.66. The highest BCUT2D eigenvalue weighted by Crippen LogP contribution is 2.16. The van der Waals surface area contributed by atoms with Gasteiger partial charge in [0.1, 0.15) is 0 Å². The van der Waals surface area contributed by atoms with E-state index in [4.69, 9.17) is 5.73 Å². The summed E-state index contributed by atoms with van der Waals surface area (Å²) in [6.45, 7) is 10.2. The molecule has 0 aliphatic carbocycles. The van der Waals surface area contributed by atoms with Gasteiger partial charge in [0.25, 0.3) is 0 Å². The molecule has 0 aromatic carbocycles. The maximum Gasteiger partial charge on any atom is 0.237 e. The van der Waals surface area contributed by atoms with Gasteiger partial charge in [0.05, 0.1) is 6.04 Å². The van der Waals surface area contributed by atoms with E-state index in [-0.39, 0.29) is 23.1 Å². The van der Waals surface area contributed by atoms with Crippen LogP contribution in [0.2, 0.25) is 0 Å². The Morgan fingerprint density at radius 3 is 1.82 bits per heavy atom. The number of nitrogens with two attached hydrogens (primary N) is 1. The van der Waals surface area contributed by atoms with Crippen molar-refractivity contribution in [3.63, 3.8) is 0 Å². The van der Waals surface area contributed by atoms with Gasteiger partial charge in [-0.05, 0) is 5.41 Å². The fourth-order valence-electron chi connectivity index (χ4n) is 1.08. The molecule has 0 fully saturated rings. The van der Waals surface area contributed by atoms with Gasteiger partial charge in [0.2, 0.25) is 11.8 Å². The van der Waals surface area contributed by atoms with Crippen molar-refractivity contribution in [2.75, 3.05) is 13.1 Å². The van der Waals surface area contributed by atoms with Crippen LogP contribution in [-0.2, 0) is 9.59 Å². The minimum absolute atomic E-state index is 0.0145. The molecule has 17 heavy (non-hydrogen) atoms. The summed E-state index contributed by atoms with van der Waals surface area (Å²) in [6, 6.07) is -0.539. The highest BCUT2D eigenvalue weighted by Gasteiger charge is 2.26. The van der Waals surface area contributed by atoms with Crippen molar-refractivity contribution in [3.05, 3.63) is 0 Å². The molecule has 0 radical (unpaired) electrons. The van der Waals surface area contributed by atoms with E-state index in [2.05, 4.69) is 10.6 Å². The highest BCUT2D eigenvalue weighted by molar-refractivity contribution is 5.82. The molecule has 5 heteroatoms. The van der Waals surface area contributed by atoms with Crippen LogP contribution in [0.3, 0.4) is 0 Å². The smallest absolute Gasteiger partial charge is 0.237 e. The first-order valence-corrected chi connectivity index (χ1v) is 5.97. The quantitative estimate of drug-likeness (QED) is 0.605. The van der Waals surface area contributed by atoms with Crippen LogP contribution in [0.4, 0.5) is 0 Å². The molecule has 0 saturated carbocycles. The number of amides is 2. The SMILES string of the molecule is CC(C)C(=O)NCCNC(=O)C(N)C(C)(C)C. The number of carbonyl (C=O) groups excluding carboxylic acids is 2. The van der Waals surface area contributed by atoms with E-state index in [1.165, 1.54) is 0 Å². The molecule has 1 atom stereocenters. The van der Waals surface area contributed by atoms with E-state index in [1.54, 1.807) is 0 Å². The molecule has 0 spiro atoms. The van der Waals surface area contributed by atoms with Gasteiger partial charge in [-0.15, -0.1) is 0 Å². The topological polar surface area (TPSA) is 84.2 Å². The number of hydrogen-bond acceptors (Lipinski definition) is 3. The van der Waals surface area contributed by atoms with Crippen molar-refractivity contribution in [1.29, 1.82) is 0 Å². The zero-order chi connectivity index (χ0) is 13.6. The summed E-state index contributed by atoms with van der Waals surface area (Å²) in [4.78, 5) is 22.9. The van der Waals surface area contributed by atoms with Crippen molar-refractivity contribution >= 4 is 11.8 Å². The lowest BCUT2D eigenvalue weighted by Gasteiger charge is -2.25. The summed E-state index contributed by atoms with van der Waals surface area (Å²) < 4.78 is 0. The van der Waals surface area contributed by atoms with Gasteiger partial charge in [-0.1, -0.05) is 34.6 Å². The lowest BCUT2D eigenvalue weighted by atomic mass is 9.87. The third kappa shape index (κ3) is 6.26. The lowest BCUT2D eigenvalue weighted by Crippen LogP contribution is -2.50. The minimum atomic E-state index is -0.539. The zero-order valence-corrected chi connectivity index (χ0v) is 11.5. The minimum Gasteiger partial charge on any atom is -0.354 e. The molecule has 1 unspecified atom stereocenters. The third-order valence-electron chi connectivity index (χ3n) is 2.46. The van der Waals surface area contributed by atoms with E-state index in [0.29, 0.717) is 13.1 Å². The van der Waals surface area contributed by atoms with Gasteiger partial charge < -0.3 is 16.4 Å². The summed E-state index contributed by atoms with van der Waals surface area (Å²) in [5.74, 6) is -0.238. The van der Waals surface area contributed by atoms with Crippen LogP contribution in [0.25, 0.3) is 0 Å². The second-order valence-electron chi connectivity index (χ2n) is 5.58. The molecule has 2 amide bonds. The van der Waals surface area contributed by atoms with E-state index in [9.17, 15) is 9.59 Å². The van der Waals surface area contributed by atoms with Crippen molar-refractivity contribution in [3.8, 4) is 0 Å². The van der Waals surface area contributed by atoms with E-state index in [1.807, 2.05) is 34.6 Å². The van der Waals surface area contributed by atoms with Crippen LogP contribution in [0.15, 0.2) is 0 Å². The van der Waals surface area contributed by atoms with Crippen LogP contribution in [0, 0.1) is 11.3 Å². The number of hydrogen-bond donors (Lipinski definition) is 3. The van der Waals surface area contributed by atoms with Gasteiger partial charge in [0, 0.05) is 19.0 Å². The van der Waals surface area contributed by atoms with Crippen LogP contribution in [-0.4, -0.2) is 30.9 Å². The number of carbonyl (C=O) groups is 2. The van der Waals surface area contributed by atoms with Crippen molar-refractivity contribution < 1.29 is 9.59 Å². The molecular weight excluding hydrogens is 218 g/mol. The Labute approximate surface area is 104 Å². The molecule has 5 nitrogen and oxygen atoms in total. The van der Waals surface area contributed by atoms with Gasteiger partial charge in [-0.3, -0.25) is 9.59 Å². The summed E-state index contributed by atoms with van der Waals surface area (Å²) in [5.41, 5.74) is 5.53. The monoisotopic (exact) mass is 243 g/mol. The average molecular weight is 243 g/mol. The summed E-state index contributed by atoms with van der Waals surface area (Å²) in [5, 5.41) is 5.43. The fraction of sp³-hybridized carbons (Fsp3) is 0.833. The molecule has 100 valence electrons. The second kappa shape index (κ2) is 6.59. The van der Waals surface area contributed by atoms with E-state index >= 15 is 0 Å². The first kappa shape index (κ1) is 15.9. The summed E-state index contributed by atoms with van der Waals surface area (Å²) in [7, 11) is 0. The van der Waals surface area contributed by atoms with Crippen LogP contribution < -0.4 is 16.4 Å². The fourth-order valence-corrected chi connectivity index (χ4v) is 1.08. The Morgan fingerprint density at radius 1 is 1.06 bits per heavy atom. The maximum absolute atomic E-state index is 11.6. The number of nitrogens with one attached hydrogen (secondary N) is 2. The summed E-state index contributed by atoms with van der Waals surface area (Å²) in [6.07, 6.45) is 0. The lowest BCUT2D eigenvalue weighted by molar-refractivity contribution is -0.126. The molecule has 0 aliphatic heterocycles. The molecule has 0 aliphatic rings. The van der Waals surface area contributed by atoms with Crippen LogP contribution >= 0.6 is 0 Å². The Balaban J connectivity index is 3.84. The molecule has 0 heterocycles. The largest absolute Gasteiger partial charge is 0.354 e. The van der Waals surface area contributed by atoms with Gasteiger partial charge in [0.15, 0.2) is 0 Å². The van der Waals surface area contributed by atoms with Crippen molar-refractivity contribution in [2.45, 2.75) is 40.7 Å². The first-order valence-electron chi connectivity index (χ1n) is 5.97. The zero-order valence-electron chi connectivity index (χ0n) is 11.5. The van der Waals surface area contributed by atoms with Gasteiger partial charge in [-0.25, -0.2) is 0 Å². The van der Waals surface area contributed by atoms with Crippen LogP contribution in [0.5, 0.6) is 0 Å². The predicted octanol–water partition coefficient (Wildman–Crippen LogP) is 0.248. The average Bonchev–Trinajstić information content (AvgIpc) is 2.20. The Bertz CT molecular complexity index is 269. The second-order valence-corrected chi connectivity index (χ2v) is 5.58. The highest BCUT2D eigenvalue weighted by atomic mass is 16.2. The van der Waals surface area contributed by atoms with Gasteiger partial charge in [-0.2, -0.15) is 0 Å².